The van der Waals surface area contributed by atoms with Gasteiger partial charge >= 0.3 is 5.56 Å². The monoisotopic (exact) mass is 472 g/mol. The van der Waals surface area contributed by atoms with Crippen LogP contribution in [0.15, 0.2) is 65.6 Å². The number of nitrogens with zero attached hydrogens (tertiary/aromatic N) is 4. The van der Waals surface area contributed by atoms with Gasteiger partial charge in [-0.2, -0.15) is 9.78 Å². The molecule has 1 fully saturated rings. The lowest BCUT2D eigenvalue weighted by atomic mass is 10.1. The lowest BCUT2D eigenvalue weighted by Gasteiger charge is -2.37. The third-order valence-electron chi connectivity index (χ3n) is 7.28. The number of para-hydroxylation sites is 1. The predicted octanol–water partition coefficient (Wildman–Crippen LogP) is 4.34. The predicted molar refractivity (Wildman–Crippen MR) is 141 cm³/mol. The van der Waals surface area contributed by atoms with E-state index in [1.807, 2.05) is 36.5 Å². The van der Waals surface area contributed by atoms with E-state index in [4.69, 9.17) is 4.74 Å². The number of anilines is 1. The number of piperazine rings is 1. The Morgan fingerprint density at radius 2 is 1.63 bits per heavy atom. The van der Waals surface area contributed by atoms with Crippen LogP contribution in [-0.4, -0.2) is 53.5 Å². The lowest BCUT2D eigenvalue weighted by Crippen LogP contribution is -2.48. The van der Waals surface area contributed by atoms with E-state index in [2.05, 4.69) is 53.0 Å². The molecule has 1 unspecified atom stereocenters. The van der Waals surface area contributed by atoms with Gasteiger partial charge in [0.05, 0.1) is 11.9 Å². The molecule has 0 N–H and O–H groups in total. The molecule has 35 heavy (non-hydrogen) atoms. The van der Waals surface area contributed by atoms with Crippen molar-refractivity contribution in [2.75, 3.05) is 37.6 Å². The molecule has 0 saturated carbocycles. The number of ether oxygens (including phenoxy) is 1. The van der Waals surface area contributed by atoms with E-state index >= 15 is 0 Å². The number of hydrogen-bond acceptors (Lipinski definition) is 5. The Hall–Kier alpha value is -3.12. The minimum atomic E-state index is -0.191. The third kappa shape index (κ3) is 5.27. The second kappa shape index (κ2) is 10.6. The van der Waals surface area contributed by atoms with E-state index < -0.39 is 0 Å². The van der Waals surface area contributed by atoms with Crippen LogP contribution in [0.3, 0.4) is 0 Å². The maximum Gasteiger partial charge on any atom is 0.316 e. The van der Waals surface area contributed by atoms with Crippen LogP contribution in [0.4, 0.5) is 5.69 Å². The first-order valence-corrected chi connectivity index (χ1v) is 13.0. The molecule has 2 aliphatic rings. The van der Waals surface area contributed by atoms with Gasteiger partial charge in [-0.25, -0.2) is 0 Å². The highest BCUT2D eigenvalue weighted by molar-refractivity contribution is 5.57. The third-order valence-corrected chi connectivity index (χ3v) is 7.28. The smallest absolute Gasteiger partial charge is 0.316 e. The molecule has 6 heteroatoms. The van der Waals surface area contributed by atoms with Crippen LogP contribution in [0.2, 0.25) is 0 Å². The van der Waals surface area contributed by atoms with Gasteiger partial charge in [-0.05, 0) is 35.6 Å². The summed E-state index contributed by atoms with van der Waals surface area (Å²) in [6.45, 7) is 9.46. The van der Waals surface area contributed by atoms with Crippen LogP contribution in [0.5, 0.6) is 5.75 Å². The number of benzene rings is 2. The molecule has 6 nitrogen and oxygen atoms in total. The van der Waals surface area contributed by atoms with E-state index in [1.54, 1.807) is 0 Å². The van der Waals surface area contributed by atoms with Crippen LogP contribution < -0.4 is 15.2 Å². The van der Waals surface area contributed by atoms with Crippen molar-refractivity contribution in [3.63, 3.8) is 0 Å². The highest BCUT2D eigenvalue weighted by Crippen LogP contribution is 2.30. The first-order valence-electron chi connectivity index (χ1n) is 13.0. The molecular formula is C29H36N4O2. The Bertz CT molecular complexity index is 1160. The fourth-order valence-electron chi connectivity index (χ4n) is 5.48. The molecule has 1 saturated heterocycles. The minimum Gasteiger partial charge on any atom is -0.482 e. The van der Waals surface area contributed by atoms with Crippen molar-refractivity contribution in [3.05, 3.63) is 82.3 Å². The van der Waals surface area contributed by atoms with Gasteiger partial charge in [0.2, 0.25) is 5.75 Å². The first-order chi connectivity index (χ1) is 17.1. The summed E-state index contributed by atoms with van der Waals surface area (Å²) >= 11 is 0. The van der Waals surface area contributed by atoms with Gasteiger partial charge < -0.3 is 9.64 Å². The molecule has 2 heterocycles. The lowest BCUT2D eigenvalue weighted by molar-refractivity contribution is 0.204. The topological polar surface area (TPSA) is 50.6 Å². The average Bonchev–Trinajstić information content (AvgIpc) is 3.29. The summed E-state index contributed by atoms with van der Waals surface area (Å²) < 4.78 is 7.99. The fourth-order valence-corrected chi connectivity index (χ4v) is 5.48. The van der Waals surface area contributed by atoms with Crippen molar-refractivity contribution in [1.29, 1.82) is 0 Å². The molecule has 0 spiro atoms. The van der Waals surface area contributed by atoms with Crippen molar-refractivity contribution in [3.8, 4) is 11.4 Å². The van der Waals surface area contributed by atoms with Crippen LogP contribution >= 0.6 is 0 Å². The summed E-state index contributed by atoms with van der Waals surface area (Å²) in [4.78, 5) is 18.5. The molecule has 1 aromatic heterocycles. The number of aromatic nitrogens is 2. The van der Waals surface area contributed by atoms with Gasteiger partial charge in [-0.15, -0.1) is 0 Å². The van der Waals surface area contributed by atoms with Crippen LogP contribution in [0.25, 0.3) is 5.69 Å². The van der Waals surface area contributed by atoms with Gasteiger partial charge in [-0.3, -0.25) is 9.69 Å². The maximum atomic E-state index is 13.7. The summed E-state index contributed by atoms with van der Waals surface area (Å²) in [5.41, 5.74) is 4.00. The Kier molecular flexibility index (Phi) is 7.19. The Balaban J connectivity index is 1.39. The summed E-state index contributed by atoms with van der Waals surface area (Å²) in [5.74, 6) is 1.14. The molecule has 3 aromatic rings. The minimum absolute atomic E-state index is 0.0401. The molecule has 1 aliphatic heterocycles. The summed E-state index contributed by atoms with van der Waals surface area (Å²) in [6.07, 6.45) is 5.93. The molecule has 1 atom stereocenters. The van der Waals surface area contributed by atoms with Gasteiger partial charge in [0, 0.05) is 45.6 Å². The standard InChI is InChI=1S/C29H36N4O2/c1-3-9-22(2)21-31-14-16-32(17-15-31)27-20-30-33(25-12-5-4-6-13-25)29(34)28(27)35-26-18-23-10-7-8-11-24(23)19-26/h4-8,10-13,20,22,26H,3,9,14-19,21H2,1-2H3. The fraction of sp³-hybridized carbons (Fsp3) is 0.448. The Labute approximate surface area is 208 Å². The van der Waals surface area contributed by atoms with Crippen LogP contribution in [-0.2, 0) is 12.8 Å². The van der Waals surface area contributed by atoms with E-state index in [9.17, 15) is 4.79 Å². The van der Waals surface area contributed by atoms with E-state index in [1.165, 1.54) is 28.7 Å². The maximum absolute atomic E-state index is 13.7. The second-order valence-electron chi connectivity index (χ2n) is 10.0. The molecular weight excluding hydrogens is 436 g/mol. The van der Waals surface area contributed by atoms with Crippen molar-refractivity contribution >= 4 is 5.69 Å². The number of fused-ring (bicyclic) bond motifs is 1. The molecule has 0 radical (unpaired) electrons. The average molecular weight is 473 g/mol. The number of hydrogen-bond donors (Lipinski definition) is 0. The molecule has 184 valence electrons. The van der Waals surface area contributed by atoms with Crippen molar-refractivity contribution in [2.45, 2.75) is 45.6 Å². The zero-order valence-electron chi connectivity index (χ0n) is 20.9. The highest BCUT2D eigenvalue weighted by atomic mass is 16.5. The first kappa shape index (κ1) is 23.6. The van der Waals surface area contributed by atoms with Gasteiger partial charge in [0.1, 0.15) is 11.8 Å². The van der Waals surface area contributed by atoms with E-state index in [-0.39, 0.29) is 11.7 Å². The van der Waals surface area contributed by atoms with E-state index in [0.29, 0.717) is 11.7 Å². The van der Waals surface area contributed by atoms with Gasteiger partial charge in [0.25, 0.3) is 0 Å². The zero-order valence-corrected chi connectivity index (χ0v) is 20.9. The Morgan fingerprint density at radius 3 is 2.29 bits per heavy atom. The van der Waals surface area contributed by atoms with Crippen LogP contribution in [0.1, 0.15) is 37.8 Å². The van der Waals surface area contributed by atoms with Gasteiger partial charge in [-0.1, -0.05) is 62.7 Å². The van der Waals surface area contributed by atoms with Gasteiger partial charge in [0.15, 0.2) is 0 Å². The van der Waals surface area contributed by atoms with E-state index in [0.717, 1.165) is 56.9 Å². The summed E-state index contributed by atoms with van der Waals surface area (Å²) in [5, 5.41) is 4.56. The largest absolute Gasteiger partial charge is 0.482 e. The SMILES string of the molecule is CCCC(C)CN1CCN(c2cnn(-c3ccccc3)c(=O)c2OC2Cc3ccccc3C2)CC1. The Morgan fingerprint density at radius 1 is 0.971 bits per heavy atom. The number of rotatable bonds is 8. The summed E-state index contributed by atoms with van der Waals surface area (Å²) in [6, 6.07) is 18.1. The quantitative estimate of drug-likeness (QED) is 0.488. The summed E-state index contributed by atoms with van der Waals surface area (Å²) in [7, 11) is 0. The zero-order chi connectivity index (χ0) is 24.2. The van der Waals surface area contributed by atoms with Crippen molar-refractivity contribution in [1.82, 2.24) is 14.7 Å². The van der Waals surface area contributed by atoms with Crippen LogP contribution in [0, 0.1) is 5.92 Å². The molecule has 1 aliphatic carbocycles. The molecule has 0 bridgehead atoms. The molecule has 0 amide bonds. The second-order valence-corrected chi connectivity index (χ2v) is 10.0. The van der Waals surface area contributed by atoms with Crippen molar-refractivity contribution < 1.29 is 4.74 Å². The normalized spacial score (nSPS) is 17.4. The molecule has 2 aromatic carbocycles. The van der Waals surface area contributed by atoms with Crippen molar-refractivity contribution in [2.24, 2.45) is 5.92 Å². The highest BCUT2D eigenvalue weighted by Gasteiger charge is 2.28. The molecule has 5 rings (SSSR count).